The standard InChI is InChI=1S/C16H21N3O3S/c1-12(2)18-16(20)14-7-9-19(10-8-14)23(21,22)15-5-3-13(11-17)4-6-15/h3-6,12,14H,7-10H2,1-2H3,(H,18,20). The minimum atomic E-state index is -3.57. The second-order valence-corrected chi connectivity index (χ2v) is 7.92. The van der Waals surface area contributed by atoms with Gasteiger partial charge in [0.05, 0.1) is 16.5 Å². The molecule has 124 valence electrons. The first-order chi connectivity index (χ1) is 10.8. The molecule has 2 rings (SSSR count). The van der Waals surface area contributed by atoms with Crippen LogP contribution in [0.3, 0.4) is 0 Å². The monoisotopic (exact) mass is 335 g/mol. The number of piperidine rings is 1. The second kappa shape index (κ2) is 7.11. The predicted molar refractivity (Wildman–Crippen MR) is 85.9 cm³/mol. The molecule has 0 aliphatic carbocycles. The van der Waals surface area contributed by atoms with Crippen molar-refractivity contribution in [3.63, 3.8) is 0 Å². The lowest BCUT2D eigenvalue weighted by Crippen LogP contribution is -2.44. The summed E-state index contributed by atoms with van der Waals surface area (Å²) in [6.07, 6.45) is 1.04. The predicted octanol–water partition coefficient (Wildman–Crippen LogP) is 1.48. The number of nitrogens with one attached hydrogen (secondary N) is 1. The van der Waals surface area contributed by atoms with Crippen LogP contribution in [0.15, 0.2) is 29.2 Å². The first kappa shape index (κ1) is 17.4. The molecule has 0 radical (unpaired) electrons. The fourth-order valence-electron chi connectivity index (χ4n) is 2.61. The van der Waals surface area contributed by atoms with Gasteiger partial charge in [-0.1, -0.05) is 0 Å². The van der Waals surface area contributed by atoms with Gasteiger partial charge >= 0.3 is 0 Å². The third-order valence-corrected chi connectivity index (χ3v) is 5.79. The molecule has 1 aromatic rings. The van der Waals surface area contributed by atoms with Crippen molar-refractivity contribution in [1.82, 2.24) is 9.62 Å². The largest absolute Gasteiger partial charge is 0.354 e. The van der Waals surface area contributed by atoms with E-state index >= 15 is 0 Å². The summed E-state index contributed by atoms with van der Waals surface area (Å²) in [5.41, 5.74) is 0.424. The molecular formula is C16H21N3O3S. The van der Waals surface area contributed by atoms with Crippen LogP contribution in [0.25, 0.3) is 0 Å². The minimum Gasteiger partial charge on any atom is -0.354 e. The van der Waals surface area contributed by atoms with Crippen LogP contribution in [0.5, 0.6) is 0 Å². The van der Waals surface area contributed by atoms with E-state index in [-0.39, 0.29) is 22.8 Å². The van der Waals surface area contributed by atoms with Crippen LogP contribution in [0.1, 0.15) is 32.3 Å². The maximum absolute atomic E-state index is 12.6. The van der Waals surface area contributed by atoms with Crippen molar-refractivity contribution in [2.75, 3.05) is 13.1 Å². The second-order valence-electron chi connectivity index (χ2n) is 5.98. The number of carbonyl (C=O) groups excluding carboxylic acids is 1. The molecule has 0 unspecified atom stereocenters. The first-order valence-electron chi connectivity index (χ1n) is 7.65. The zero-order chi connectivity index (χ0) is 17.0. The highest BCUT2D eigenvalue weighted by molar-refractivity contribution is 7.89. The van der Waals surface area contributed by atoms with Crippen LogP contribution in [0, 0.1) is 17.2 Å². The van der Waals surface area contributed by atoms with Gasteiger partial charge in [0, 0.05) is 25.0 Å². The molecule has 0 spiro atoms. The van der Waals surface area contributed by atoms with Crippen molar-refractivity contribution in [2.24, 2.45) is 5.92 Å². The van der Waals surface area contributed by atoms with Gasteiger partial charge in [0.1, 0.15) is 0 Å². The highest BCUT2D eigenvalue weighted by Crippen LogP contribution is 2.24. The number of amides is 1. The molecular weight excluding hydrogens is 314 g/mol. The Labute approximate surface area is 137 Å². The van der Waals surface area contributed by atoms with Crippen LogP contribution < -0.4 is 5.32 Å². The highest BCUT2D eigenvalue weighted by Gasteiger charge is 2.32. The Bertz CT molecular complexity index is 697. The van der Waals surface area contributed by atoms with Crippen molar-refractivity contribution >= 4 is 15.9 Å². The van der Waals surface area contributed by atoms with Crippen LogP contribution in [0.2, 0.25) is 0 Å². The molecule has 1 N–H and O–H groups in total. The Kier molecular flexibility index (Phi) is 5.39. The van der Waals surface area contributed by atoms with Crippen molar-refractivity contribution in [1.29, 1.82) is 5.26 Å². The van der Waals surface area contributed by atoms with E-state index in [0.717, 1.165) is 0 Å². The van der Waals surface area contributed by atoms with Crippen LogP contribution in [0.4, 0.5) is 0 Å². The zero-order valence-electron chi connectivity index (χ0n) is 13.3. The van der Waals surface area contributed by atoms with E-state index < -0.39 is 10.0 Å². The molecule has 1 saturated heterocycles. The van der Waals surface area contributed by atoms with E-state index in [1.54, 1.807) is 0 Å². The Morgan fingerprint density at radius 3 is 2.30 bits per heavy atom. The summed E-state index contributed by atoms with van der Waals surface area (Å²) < 4.78 is 26.6. The van der Waals surface area contributed by atoms with Gasteiger partial charge in [-0.25, -0.2) is 8.42 Å². The van der Waals surface area contributed by atoms with Crippen molar-refractivity contribution < 1.29 is 13.2 Å². The third-order valence-electron chi connectivity index (χ3n) is 3.88. The van der Waals surface area contributed by atoms with E-state index in [1.165, 1.54) is 28.6 Å². The molecule has 1 aliphatic heterocycles. The number of benzene rings is 1. The van der Waals surface area contributed by atoms with Gasteiger partial charge in [-0.3, -0.25) is 4.79 Å². The summed E-state index contributed by atoms with van der Waals surface area (Å²) >= 11 is 0. The van der Waals surface area contributed by atoms with Crippen LogP contribution in [-0.2, 0) is 14.8 Å². The molecule has 1 fully saturated rings. The quantitative estimate of drug-likeness (QED) is 0.902. The van der Waals surface area contributed by atoms with Gasteiger partial charge in [0.25, 0.3) is 0 Å². The molecule has 0 bridgehead atoms. The van der Waals surface area contributed by atoms with Gasteiger partial charge < -0.3 is 5.32 Å². The molecule has 0 atom stereocenters. The van der Waals surface area contributed by atoms with Crippen molar-refractivity contribution in [3.05, 3.63) is 29.8 Å². The maximum atomic E-state index is 12.6. The summed E-state index contributed by atoms with van der Waals surface area (Å²) in [5.74, 6) is -0.139. The Morgan fingerprint density at radius 1 is 1.26 bits per heavy atom. The Hall–Kier alpha value is -1.91. The van der Waals surface area contributed by atoms with Gasteiger partial charge in [-0.2, -0.15) is 9.57 Å². The number of nitriles is 1. The molecule has 23 heavy (non-hydrogen) atoms. The fraction of sp³-hybridized carbons (Fsp3) is 0.500. The molecule has 1 aliphatic rings. The molecule has 1 heterocycles. The molecule has 0 saturated carbocycles. The summed E-state index contributed by atoms with van der Waals surface area (Å²) in [7, 11) is -3.57. The van der Waals surface area contributed by atoms with Crippen LogP contribution >= 0.6 is 0 Å². The summed E-state index contributed by atoms with van der Waals surface area (Å²) in [6.45, 7) is 4.47. The molecule has 6 nitrogen and oxygen atoms in total. The average Bonchev–Trinajstić information content (AvgIpc) is 2.54. The van der Waals surface area contributed by atoms with Gasteiger partial charge in [-0.15, -0.1) is 0 Å². The lowest BCUT2D eigenvalue weighted by Gasteiger charge is -2.31. The number of hydrogen-bond acceptors (Lipinski definition) is 4. The lowest BCUT2D eigenvalue weighted by atomic mass is 9.97. The number of carbonyl (C=O) groups is 1. The third kappa shape index (κ3) is 4.09. The topological polar surface area (TPSA) is 90.3 Å². The lowest BCUT2D eigenvalue weighted by molar-refractivity contribution is -0.126. The SMILES string of the molecule is CC(C)NC(=O)C1CCN(S(=O)(=O)c2ccc(C#N)cc2)CC1. The van der Waals surface area contributed by atoms with Crippen molar-refractivity contribution in [2.45, 2.75) is 37.6 Å². The first-order valence-corrected chi connectivity index (χ1v) is 9.09. The number of nitrogens with zero attached hydrogens (tertiary/aromatic N) is 2. The molecule has 0 aromatic heterocycles. The van der Waals surface area contributed by atoms with E-state index in [0.29, 0.717) is 31.5 Å². The van der Waals surface area contributed by atoms with E-state index in [9.17, 15) is 13.2 Å². The highest BCUT2D eigenvalue weighted by atomic mass is 32.2. The molecule has 1 aromatic carbocycles. The number of hydrogen-bond donors (Lipinski definition) is 1. The summed E-state index contributed by atoms with van der Waals surface area (Å²) in [5, 5.41) is 11.6. The zero-order valence-corrected chi connectivity index (χ0v) is 14.1. The number of rotatable bonds is 4. The molecule has 1 amide bonds. The fourth-order valence-corrected chi connectivity index (χ4v) is 4.08. The number of sulfonamides is 1. The maximum Gasteiger partial charge on any atom is 0.243 e. The summed E-state index contributed by atoms with van der Waals surface area (Å²) in [6, 6.07) is 7.94. The normalized spacial score (nSPS) is 17.0. The Morgan fingerprint density at radius 2 is 1.83 bits per heavy atom. The van der Waals surface area contributed by atoms with Crippen molar-refractivity contribution in [3.8, 4) is 6.07 Å². The van der Waals surface area contributed by atoms with Gasteiger partial charge in [0.15, 0.2) is 0 Å². The molecule has 7 heteroatoms. The van der Waals surface area contributed by atoms with Gasteiger partial charge in [0.2, 0.25) is 15.9 Å². The summed E-state index contributed by atoms with van der Waals surface area (Å²) in [4.78, 5) is 12.2. The van der Waals surface area contributed by atoms with Crippen LogP contribution in [-0.4, -0.2) is 37.8 Å². The van der Waals surface area contributed by atoms with Gasteiger partial charge in [-0.05, 0) is 51.0 Å². The van der Waals surface area contributed by atoms with E-state index in [2.05, 4.69) is 5.32 Å². The van der Waals surface area contributed by atoms with E-state index in [4.69, 9.17) is 5.26 Å². The smallest absolute Gasteiger partial charge is 0.243 e. The average molecular weight is 335 g/mol. The minimum absolute atomic E-state index is 0.00424. The Balaban J connectivity index is 2.03. The van der Waals surface area contributed by atoms with E-state index in [1.807, 2.05) is 19.9 Å².